The van der Waals surface area contributed by atoms with E-state index in [0.29, 0.717) is 28.4 Å². The van der Waals surface area contributed by atoms with Gasteiger partial charge < -0.3 is 14.2 Å². The van der Waals surface area contributed by atoms with Gasteiger partial charge in [0.05, 0.1) is 23.5 Å². The van der Waals surface area contributed by atoms with Crippen LogP contribution in [0.3, 0.4) is 0 Å². The van der Waals surface area contributed by atoms with Gasteiger partial charge in [0.1, 0.15) is 5.75 Å². The number of ether oxygens (including phenoxy) is 3. The molecule has 148 valence electrons. The molecule has 0 bridgehead atoms. The van der Waals surface area contributed by atoms with Crippen LogP contribution in [0.15, 0.2) is 41.3 Å². The van der Waals surface area contributed by atoms with Crippen molar-refractivity contribution in [1.82, 2.24) is 4.90 Å². The summed E-state index contributed by atoms with van der Waals surface area (Å²) in [5, 5.41) is 10.3. The lowest BCUT2D eigenvalue weighted by Crippen LogP contribution is -2.27. The monoisotopic (exact) mass is 414 g/mol. The lowest BCUT2D eigenvalue weighted by Gasteiger charge is -2.12. The zero-order valence-electron chi connectivity index (χ0n) is 15.1. The molecule has 1 fully saturated rings. The van der Waals surface area contributed by atoms with E-state index in [2.05, 4.69) is 0 Å². The van der Waals surface area contributed by atoms with Crippen molar-refractivity contribution in [2.75, 3.05) is 13.9 Å². The molecule has 2 aromatic rings. The molecule has 2 aliphatic heterocycles. The van der Waals surface area contributed by atoms with E-state index < -0.39 is 16.1 Å². The van der Waals surface area contributed by atoms with E-state index in [-0.39, 0.29) is 23.9 Å². The number of fused-ring (bicyclic) bond motifs is 1. The highest BCUT2D eigenvalue weighted by molar-refractivity contribution is 8.18. The lowest BCUT2D eigenvalue weighted by atomic mass is 10.1. The fourth-order valence-electron chi connectivity index (χ4n) is 2.91. The van der Waals surface area contributed by atoms with Crippen LogP contribution in [-0.2, 0) is 11.3 Å². The molecule has 29 heavy (non-hydrogen) atoms. The minimum absolute atomic E-state index is 0.0261. The van der Waals surface area contributed by atoms with Crippen LogP contribution in [-0.4, -0.2) is 34.9 Å². The minimum atomic E-state index is -0.509. The van der Waals surface area contributed by atoms with Gasteiger partial charge in [-0.1, -0.05) is 12.1 Å². The smallest absolute Gasteiger partial charge is 0.293 e. The number of non-ortho nitro benzene ring substituents is 1. The van der Waals surface area contributed by atoms with E-state index in [4.69, 9.17) is 14.2 Å². The molecule has 2 amide bonds. The summed E-state index contributed by atoms with van der Waals surface area (Å²) in [6.45, 7) is 0.131. The van der Waals surface area contributed by atoms with Crippen molar-refractivity contribution in [3.63, 3.8) is 0 Å². The Bertz CT molecular complexity index is 1050. The summed E-state index contributed by atoms with van der Waals surface area (Å²) in [6, 6.07) is 9.06. The highest BCUT2D eigenvalue weighted by atomic mass is 32.2. The van der Waals surface area contributed by atoms with Gasteiger partial charge in [0.2, 0.25) is 6.79 Å². The number of thioether (sulfide) groups is 1. The minimum Gasteiger partial charge on any atom is -0.496 e. The summed E-state index contributed by atoms with van der Waals surface area (Å²) in [4.78, 5) is 36.7. The Morgan fingerprint density at radius 2 is 1.90 bits per heavy atom. The summed E-state index contributed by atoms with van der Waals surface area (Å²) in [5.74, 6) is 1.11. The second-order valence-corrected chi connectivity index (χ2v) is 7.13. The van der Waals surface area contributed by atoms with Crippen molar-refractivity contribution in [2.24, 2.45) is 0 Å². The zero-order valence-corrected chi connectivity index (χ0v) is 15.9. The first-order chi connectivity index (χ1) is 14.0. The Hall–Kier alpha value is -3.53. The zero-order chi connectivity index (χ0) is 20.5. The summed E-state index contributed by atoms with van der Waals surface area (Å²) in [7, 11) is 1.50. The third-order valence-electron chi connectivity index (χ3n) is 4.37. The molecular formula is C19H14N2O7S. The Morgan fingerprint density at radius 3 is 2.55 bits per heavy atom. The third kappa shape index (κ3) is 3.61. The summed E-state index contributed by atoms with van der Waals surface area (Å²) >= 11 is 0.819. The molecule has 9 nitrogen and oxygen atoms in total. The molecule has 0 saturated carbocycles. The van der Waals surface area contributed by atoms with Crippen molar-refractivity contribution < 1.29 is 28.7 Å². The number of carbonyl (C=O) groups is 2. The van der Waals surface area contributed by atoms with Crippen LogP contribution in [0.4, 0.5) is 10.5 Å². The van der Waals surface area contributed by atoms with Gasteiger partial charge in [0.15, 0.2) is 11.5 Å². The average molecular weight is 414 g/mol. The predicted octanol–water partition coefficient (Wildman–Crippen LogP) is 3.57. The van der Waals surface area contributed by atoms with Crippen LogP contribution in [0, 0.1) is 10.1 Å². The van der Waals surface area contributed by atoms with Gasteiger partial charge in [-0.25, -0.2) is 0 Å². The Morgan fingerprint density at radius 1 is 1.21 bits per heavy atom. The number of amides is 2. The van der Waals surface area contributed by atoms with E-state index in [9.17, 15) is 19.7 Å². The topological polar surface area (TPSA) is 108 Å². The molecule has 0 atom stereocenters. The maximum atomic E-state index is 12.7. The maximum absolute atomic E-state index is 12.7. The Labute approximate surface area is 169 Å². The number of nitro benzene ring substituents is 1. The van der Waals surface area contributed by atoms with Crippen LogP contribution in [0.5, 0.6) is 17.2 Å². The summed E-state index contributed by atoms with van der Waals surface area (Å²) in [5.41, 5.74) is 1.13. The number of nitrogens with zero attached hydrogens (tertiary/aromatic N) is 2. The molecule has 2 heterocycles. The predicted molar refractivity (Wildman–Crippen MR) is 104 cm³/mol. The van der Waals surface area contributed by atoms with Gasteiger partial charge in [-0.15, -0.1) is 0 Å². The molecular weight excluding hydrogens is 400 g/mol. The number of hydrogen-bond acceptors (Lipinski definition) is 8. The molecule has 0 N–H and O–H groups in total. The van der Waals surface area contributed by atoms with Gasteiger partial charge in [-0.2, -0.15) is 0 Å². The number of imide groups is 1. The quantitative estimate of drug-likeness (QED) is 0.415. The van der Waals surface area contributed by atoms with E-state index in [0.717, 1.165) is 16.7 Å². The number of hydrogen-bond donors (Lipinski definition) is 0. The highest BCUT2D eigenvalue weighted by Crippen LogP contribution is 2.41. The van der Waals surface area contributed by atoms with Gasteiger partial charge >= 0.3 is 0 Å². The number of benzene rings is 2. The molecule has 1 saturated heterocycles. The SMILES string of the molecule is COc1cc2c(cc1/C=C1/SC(=O)N(Cc3ccc([N+](=O)[O-])cc3)C1=O)OCO2. The van der Waals surface area contributed by atoms with Crippen LogP contribution in [0.1, 0.15) is 11.1 Å². The van der Waals surface area contributed by atoms with Crippen LogP contribution in [0.2, 0.25) is 0 Å². The van der Waals surface area contributed by atoms with Gasteiger partial charge in [0.25, 0.3) is 16.8 Å². The van der Waals surface area contributed by atoms with E-state index in [1.54, 1.807) is 18.2 Å². The van der Waals surface area contributed by atoms with E-state index in [1.165, 1.54) is 31.4 Å². The average Bonchev–Trinajstić information content (AvgIpc) is 3.27. The molecule has 0 unspecified atom stereocenters. The number of carbonyl (C=O) groups excluding carboxylic acids is 2. The molecule has 4 rings (SSSR count). The van der Waals surface area contributed by atoms with E-state index >= 15 is 0 Å². The van der Waals surface area contributed by atoms with E-state index in [1.807, 2.05) is 0 Å². The van der Waals surface area contributed by atoms with Crippen molar-refractivity contribution in [1.29, 1.82) is 0 Å². The molecule has 0 aromatic heterocycles. The second kappa shape index (κ2) is 7.47. The van der Waals surface area contributed by atoms with Crippen LogP contribution in [0.25, 0.3) is 6.08 Å². The number of rotatable bonds is 5. The van der Waals surface area contributed by atoms with Crippen LogP contribution >= 0.6 is 11.8 Å². The van der Waals surface area contributed by atoms with Gasteiger partial charge in [-0.3, -0.25) is 24.6 Å². The molecule has 0 spiro atoms. The Balaban J connectivity index is 1.57. The van der Waals surface area contributed by atoms with Crippen LogP contribution < -0.4 is 14.2 Å². The van der Waals surface area contributed by atoms with Crippen molar-refractivity contribution >= 4 is 34.7 Å². The first-order valence-electron chi connectivity index (χ1n) is 8.42. The van der Waals surface area contributed by atoms with Crippen molar-refractivity contribution in [2.45, 2.75) is 6.54 Å². The second-order valence-electron chi connectivity index (χ2n) is 6.14. The summed E-state index contributed by atoms with van der Waals surface area (Å²) < 4.78 is 16.0. The number of nitro groups is 1. The molecule has 0 aliphatic carbocycles. The maximum Gasteiger partial charge on any atom is 0.293 e. The van der Waals surface area contributed by atoms with Crippen molar-refractivity contribution in [3.05, 3.63) is 62.5 Å². The molecule has 0 radical (unpaired) electrons. The summed E-state index contributed by atoms with van der Waals surface area (Å²) in [6.07, 6.45) is 1.57. The fraction of sp³-hybridized carbons (Fsp3) is 0.158. The number of methoxy groups -OCH3 is 1. The van der Waals surface area contributed by atoms with Gasteiger partial charge in [0, 0.05) is 23.8 Å². The third-order valence-corrected chi connectivity index (χ3v) is 5.28. The first kappa shape index (κ1) is 18.8. The Kier molecular flexibility index (Phi) is 4.85. The molecule has 2 aromatic carbocycles. The molecule has 2 aliphatic rings. The lowest BCUT2D eigenvalue weighted by molar-refractivity contribution is -0.384. The first-order valence-corrected chi connectivity index (χ1v) is 9.24. The standard InChI is InChI=1S/C19H14N2O7S/c1-26-14-8-16-15(27-10-28-16)6-12(14)7-17-18(22)20(19(23)29-17)9-11-2-4-13(5-3-11)21(24)25/h2-8H,9-10H2,1H3/b17-7+. The normalized spacial score (nSPS) is 16.6. The largest absolute Gasteiger partial charge is 0.496 e. The molecule has 10 heteroatoms. The van der Waals surface area contributed by atoms with Crippen molar-refractivity contribution in [3.8, 4) is 17.2 Å². The highest BCUT2D eigenvalue weighted by Gasteiger charge is 2.35. The van der Waals surface area contributed by atoms with Gasteiger partial charge in [-0.05, 0) is 29.5 Å². The fourth-order valence-corrected chi connectivity index (χ4v) is 3.74.